The van der Waals surface area contributed by atoms with Crippen molar-refractivity contribution < 1.29 is 4.42 Å². The van der Waals surface area contributed by atoms with E-state index < -0.39 is 0 Å². The number of hydrogen-bond acceptors (Lipinski definition) is 2. The maximum atomic E-state index is 6.61. The Kier molecular flexibility index (Phi) is 7.85. The molecule has 0 aliphatic rings. The molecule has 0 N–H and O–H groups in total. The molecule has 10 aromatic rings. The molecule has 2 nitrogen and oxygen atoms in total. The van der Waals surface area contributed by atoms with Crippen molar-refractivity contribution in [2.75, 3.05) is 4.90 Å². The van der Waals surface area contributed by atoms with Crippen molar-refractivity contribution in [3.05, 3.63) is 212 Å². The van der Waals surface area contributed by atoms with Crippen molar-refractivity contribution in [3.8, 4) is 44.5 Å². The minimum Gasteiger partial charge on any atom is -0.454 e. The third-order valence-corrected chi connectivity index (χ3v) is 10.5. The molecule has 1 aromatic heterocycles. The van der Waals surface area contributed by atoms with Crippen LogP contribution in [0, 0.1) is 0 Å². The monoisotopic (exact) mass is 689 g/mol. The first-order valence-corrected chi connectivity index (χ1v) is 18.4. The summed E-state index contributed by atoms with van der Waals surface area (Å²) in [7, 11) is 0. The molecule has 0 saturated heterocycles. The number of anilines is 3. The molecule has 54 heavy (non-hydrogen) atoms. The molecule has 10 rings (SSSR count). The van der Waals surface area contributed by atoms with Gasteiger partial charge in [0.15, 0.2) is 5.58 Å². The molecule has 0 unspecified atom stereocenters. The predicted molar refractivity (Wildman–Crippen MR) is 228 cm³/mol. The van der Waals surface area contributed by atoms with Gasteiger partial charge in [0.1, 0.15) is 5.58 Å². The normalized spacial score (nSPS) is 11.3. The van der Waals surface area contributed by atoms with Gasteiger partial charge in [0.2, 0.25) is 0 Å². The van der Waals surface area contributed by atoms with Crippen molar-refractivity contribution in [3.63, 3.8) is 0 Å². The minimum atomic E-state index is 0.864. The molecule has 0 atom stereocenters. The fourth-order valence-electron chi connectivity index (χ4n) is 7.70. The van der Waals surface area contributed by atoms with Gasteiger partial charge in [0.25, 0.3) is 0 Å². The molecule has 0 amide bonds. The predicted octanol–water partition coefficient (Wildman–Crippen LogP) is 14.9. The zero-order valence-corrected chi connectivity index (χ0v) is 29.6. The van der Waals surface area contributed by atoms with E-state index in [1.165, 1.54) is 44.2 Å². The second-order valence-corrected chi connectivity index (χ2v) is 13.8. The van der Waals surface area contributed by atoms with Gasteiger partial charge in [0.05, 0.1) is 5.69 Å². The van der Waals surface area contributed by atoms with Gasteiger partial charge in [-0.1, -0.05) is 164 Å². The Hall–Kier alpha value is -7.16. The van der Waals surface area contributed by atoms with Gasteiger partial charge in [-0.05, 0) is 104 Å². The number of furan rings is 1. The molecule has 9 aromatic carbocycles. The molecule has 0 spiro atoms. The van der Waals surface area contributed by atoms with Gasteiger partial charge in [0, 0.05) is 22.1 Å². The van der Waals surface area contributed by atoms with E-state index in [2.05, 4.69) is 205 Å². The smallest absolute Gasteiger partial charge is 0.159 e. The zero-order valence-electron chi connectivity index (χ0n) is 29.6. The Bertz CT molecular complexity index is 2920. The van der Waals surface area contributed by atoms with Crippen LogP contribution in [0.3, 0.4) is 0 Å². The van der Waals surface area contributed by atoms with Crippen LogP contribution in [0.4, 0.5) is 17.1 Å². The molecule has 1 heterocycles. The van der Waals surface area contributed by atoms with Gasteiger partial charge in [-0.15, -0.1) is 0 Å². The summed E-state index contributed by atoms with van der Waals surface area (Å²) in [5.74, 6) is 0. The fraction of sp³-hybridized carbons (Fsp3) is 0. The second kappa shape index (κ2) is 13.4. The summed E-state index contributed by atoms with van der Waals surface area (Å²) in [6.07, 6.45) is 0. The summed E-state index contributed by atoms with van der Waals surface area (Å²) in [4.78, 5) is 2.32. The summed E-state index contributed by atoms with van der Waals surface area (Å²) >= 11 is 0. The fourth-order valence-corrected chi connectivity index (χ4v) is 7.70. The van der Waals surface area contributed by atoms with Crippen LogP contribution in [-0.4, -0.2) is 0 Å². The molecule has 0 saturated carbocycles. The van der Waals surface area contributed by atoms with E-state index in [0.717, 1.165) is 50.1 Å². The molecule has 0 bridgehead atoms. The van der Waals surface area contributed by atoms with Crippen LogP contribution in [0.25, 0.3) is 77.2 Å². The quantitative estimate of drug-likeness (QED) is 0.166. The molecule has 0 aliphatic heterocycles. The number of nitrogens with zero attached hydrogens (tertiary/aromatic N) is 1. The summed E-state index contributed by atoms with van der Waals surface area (Å²) in [6.45, 7) is 0. The van der Waals surface area contributed by atoms with Crippen molar-refractivity contribution in [2.45, 2.75) is 0 Å². The van der Waals surface area contributed by atoms with E-state index in [0.29, 0.717) is 0 Å². The highest BCUT2D eigenvalue weighted by molar-refractivity contribution is 6.10. The van der Waals surface area contributed by atoms with E-state index in [9.17, 15) is 0 Å². The first kappa shape index (κ1) is 31.6. The lowest BCUT2D eigenvalue weighted by Gasteiger charge is -2.26. The third-order valence-electron chi connectivity index (χ3n) is 10.5. The highest BCUT2D eigenvalue weighted by atomic mass is 16.3. The van der Waals surface area contributed by atoms with Crippen molar-refractivity contribution >= 4 is 49.8 Å². The van der Waals surface area contributed by atoms with Gasteiger partial charge >= 0.3 is 0 Å². The van der Waals surface area contributed by atoms with Gasteiger partial charge in [-0.2, -0.15) is 0 Å². The minimum absolute atomic E-state index is 0.864. The first-order valence-electron chi connectivity index (χ1n) is 18.4. The van der Waals surface area contributed by atoms with E-state index >= 15 is 0 Å². The Morgan fingerprint density at radius 2 is 0.815 bits per heavy atom. The molecular weight excluding hydrogens is 655 g/mol. The summed E-state index contributed by atoms with van der Waals surface area (Å²) in [5.41, 5.74) is 14.3. The van der Waals surface area contributed by atoms with Crippen LogP contribution < -0.4 is 4.90 Å². The Morgan fingerprint density at radius 3 is 1.61 bits per heavy atom. The Labute approximate surface area is 314 Å². The molecule has 254 valence electrons. The zero-order chi connectivity index (χ0) is 35.8. The number of rotatable bonds is 7. The molecule has 0 fully saturated rings. The molecular formula is C52H35NO. The number of para-hydroxylation sites is 2. The molecule has 0 aliphatic carbocycles. The van der Waals surface area contributed by atoms with Crippen LogP contribution in [0.1, 0.15) is 0 Å². The maximum Gasteiger partial charge on any atom is 0.159 e. The van der Waals surface area contributed by atoms with E-state index in [1.807, 2.05) is 12.1 Å². The summed E-state index contributed by atoms with van der Waals surface area (Å²) in [6, 6.07) is 75.8. The van der Waals surface area contributed by atoms with Crippen LogP contribution in [-0.2, 0) is 0 Å². The van der Waals surface area contributed by atoms with E-state index in [1.54, 1.807) is 0 Å². The van der Waals surface area contributed by atoms with Gasteiger partial charge < -0.3 is 9.32 Å². The Balaban J connectivity index is 1.05. The molecule has 0 radical (unpaired) electrons. The SMILES string of the molecule is c1ccc(-c2ccc(-c3cccc(N(c4ccc(-c5cccc(-c6ccc7ccccc7c6)c5)cc4)c4cccc5c4oc4ccccc45)c3)cc2)cc1. The molecule has 2 heteroatoms. The second-order valence-electron chi connectivity index (χ2n) is 13.8. The first-order chi connectivity index (χ1) is 26.7. The lowest BCUT2D eigenvalue weighted by Crippen LogP contribution is -2.10. The number of benzene rings is 9. The van der Waals surface area contributed by atoms with Crippen LogP contribution in [0.5, 0.6) is 0 Å². The highest BCUT2D eigenvalue weighted by Crippen LogP contribution is 2.43. The van der Waals surface area contributed by atoms with E-state index in [-0.39, 0.29) is 0 Å². The summed E-state index contributed by atoms with van der Waals surface area (Å²) in [5, 5.41) is 4.71. The van der Waals surface area contributed by atoms with Crippen LogP contribution in [0.15, 0.2) is 217 Å². The van der Waals surface area contributed by atoms with Crippen molar-refractivity contribution in [1.82, 2.24) is 0 Å². The Morgan fingerprint density at radius 1 is 0.296 bits per heavy atom. The average Bonchev–Trinajstić information content (AvgIpc) is 3.64. The summed E-state index contributed by atoms with van der Waals surface area (Å²) < 4.78 is 6.61. The topological polar surface area (TPSA) is 16.4 Å². The van der Waals surface area contributed by atoms with Crippen LogP contribution in [0.2, 0.25) is 0 Å². The third kappa shape index (κ3) is 5.81. The van der Waals surface area contributed by atoms with Crippen molar-refractivity contribution in [1.29, 1.82) is 0 Å². The van der Waals surface area contributed by atoms with Gasteiger partial charge in [-0.3, -0.25) is 0 Å². The standard InChI is InChI=1S/C52H35NO/c1-2-11-36(12-3-1)38-23-25-39(26-24-38)44-17-9-18-47(35-44)53(50-21-10-20-49-48-19-6-7-22-51(48)54-52(49)50)46-31-29-40(30-32-46)42-15-8-16-43(33-42)45-28-27-37-13-4-5-14-41(37)34-45/h1-35H. The van der Waals surface area contributed by atoms with E-state index in [4.69, 9.17) is 4.42 Å². The van der Waals surface area contributed by atoms with Crippen LogP contribution >= 0.6 is 0 Å². The largest absolute Gasteiger partial charge is 0.454 e. The number of fused-ring (bicyclic) bond motifs is 4. The lowest BCUT2D eigenvalue weighted by atomic mass is 9.97. The maximum absolute atomic E-state index is 6.61. The number of hydrogen-bond donors (Lipinski definition) is 0. The average molecular weight is 690 g/mol. The highest BCUT2D eigenvalue weighted by Gasteiger charge is 2.20. The lowest BCUT2D eigenvalue weighted by molar-refractivity contribution is 0.669. The van der Waals surface area contributed by atoms with Gasteiger partial charge in [-0.25, -0.2) is 0 Å². The van der Waals surface area contributed by atoms with Crippen molar-refractivity contribution in [2.24, 2.45) is 0 Å².